The van der Waals surface area contributed by atoms with Crippen molar-refractivity contribution in [1.29, 1.82) is 0 Å². The molecule has 0 aromatic rings. The van der Waals surface area contributed by atoms with Gasteiger partial charge in [-0.2, -0.15) is 0 Å². The number of hydrogen-bond acceptors (Lipinski definition) is 1. The molecule has 0 bridgehead atoms. The first-order valence-electron chi connectivity index (χ1n) is 1.12. The summed E-state index contributed by atoms with van der Waals surface area (Å²) in [5.41, 5.74) is 0. The summed E-state index contributed by atoms with van der Waals surface area (Å²) in [6.07, 6.45) is 0.833. The monoisotopic (exact) mass is 237 g/mol. The summed E-state index contributed by atoms with van der Waals surface area (Å²) in [7, 11) is 0. The predicted octanol–water partition coefficient (Wildman–Crippen LogP) is 0.257. The van der Waals surface area contributed by atoms with Crippen molar-refractivity contribution in [3.8, 4) is 0 Å². The van der Waals surface area contributed by atoms with Crippen LogP contribution >= 0.6 is 0 Å². The Morgan fingerprint density at radius 3 is 2.00 bits per heavy atom. The molecule has 0 amide bonds. The molecule has 0 aliphatic carbocycles. The van der Waals surface area contributed by atoms with Crippen LogP contribution in [0.2, 0.25) is 0 Å². The van der Waals surface area contributed by atoms with Gasteiger partial charge in [-0.25, -0.2) is 4.79 Å². The van der Waals surface area contributed by atoms with Crippen LogP contribution in [-0.4, -0.2) is 11.1 Å². The Bertz CT molecular complexity index is 59.8. The maximum atomic E-state index is 9.25. The predicted molar refractivity (Wildman–Crippen MR) is 17.8 cm³/mol. The molecule has 2 nitrogen and oxygen atoms in total. The molecule has 0 aliphatic heterocycles. The van der Waals surface area contributed by atoms with Gasteiger partial charge in [-0.3, -0.25) is 0 Å². The van der Waals surface area contributed by atoms with E-state index in [-0.39, 0.29) is 37.7 Å². The van der Waals surface area contributed by atoms with Gasteiger partial charge < -0.3 is 5.11 Å². The van der Waals surface area contributed by atoms with Crippen molar-refractivity contribution in [1.82, 2.24) is 0 Å². The summed E-state index contributed by atoms with van der Waals surface area (Å²) in [5.74, 6) is -0.981. The number of hydrogen-bond donors (Lipinski definition) is 1. The van der Waals surface area contributed by atoms with Crippen LogP contribution in [0.25, 0.3) is 0 Å². The normalized spacial score (nSPS) is 5.33. The standard InChI is InChI=1S/C3H4O2.Ho/c1-2-3(4)5;/h2H,1H2,(H,4,5);. The van der Waals surface area contributed by atoms with Crippen LogP contribution in [0.1, 0.15) is 0 Å². The van der Waals surface area contributed by atoms with Gasteiger partial charge in [-0.15, -0.1) is 0 Å². The summed E-state index contributed by atoms with van der Waals surface area (Å²) in [4.78, 5) is 9.25. The first-order chi connectivity index (χ1) is 2.27. The molecule has 0 saturated heterocycles. The van der Waals surface area contributed by atoms with Gasteiger partial charge in [0.1, 0.15) is 0 Å². The molecule has 0 spiro atoms. The van der Waals surface area contributed by atoms with Crippen molar-refractivity contribution in [2.75, 3.05) is 0 Å². The van der Waals surface area contributed by atoms with Crippen molar-refractivity contribution in [2.24, 2.45) is 0 Å². The summed E-state index contributed by atoms with van der Waals surface area (Å²) in [6.45, 7) is 2.96. The van der Waals surface area contributed by atoms with Gasteiger partial charge in [-0.1, -0.05) is 6.58 Å². The zero-order valence-corrected chi connectivity index (χ0v) is 4.88. The van der Waals surface area contributed by atoms with Crippen molar-refractivity contribution in [2.45, 2.75) is 0 Å². The molecule has 0 unspecified atom stereocenters. The van der Waals surface area contributed by atoms with Gasteiger partial charge in [0.15, 0.2) is 0 Å². The Morgan fingerprint density at radius 2 is 2.00 bits per heavy atom. The third-order valence-corrected chi connectivity index (χ3v) is 0.175. The van der Waals surface area contributed by atoms with E-state index in [1.807, 2.05) is 0 Å². The van der Waals surface area contributed by atoms with Crippen molar-refractivity contribution >= 4 is 5.97 Å². The Hall–Kier alpha value is 0.470. The average molecular weight is 237 g/mol. The molecule has 3 heteroatoms. The average Bonchev–Trinajstić information content (AvgIpc) is 1.38. The molecule has 1 N–H and O–H groups in total. The fraction of sp³-hybridized carbons (Fsp3) is 0. The fourth-order valence-electron chi connectivity index (χ4n) is 0. The van der Waals surface area contributed by atoms with Gasteiger partial charge in [0.25, 0.3) is 0 Å². The minimum atomic E-state index is -0.981. The Kier molecular flexibility index (Phi) is 8.83. The molecule has 0 rings (SSSR count). The van der Waals surface area contributed by atoms with Crippen LogP contribution in [0.4, 0.5) is 0 Å². The zero-order valence-electron chi connectivity index (χ0n) is 2.94. The number of carbonyl (C=O) groups is 1. The number of carboxylic acids is 1. The maximum absolute atomic E-state index is 9.25. The van der Waals surface area contributed by atoms with E-state index in [1.54, 1.807) is 0 Å². The largest absolute Gasteiger partial charge is 0.478 e. The van der Waals surface area contributed by atoms with Crippen molar-refractivity contribution < 1.29 is 47.6 Å². The first-order valence-corrected chi connectivity index (χ1v) is 1.12. The summed E-state index contributed by atoms with van der Waals surface area (Å²) in [6, 6.07) is 0. The van der Waals surface area contributed by atoms with Crippen LogP contribution in [0.3, 0.4) is 0 Å². The molecule has 0 aromatic heterocycles. The zero-order chi connectivity index (χ0) is 4.28. The van der Waals surface area contributed by atoms with Crippen LogP contribution in [0.15, 0.2) is 12.7 Å². The number of rotatable bonds is 1. The molecular weight excluding hydrogens is 233 g/mol. The van der Waals surface area contributed by atoms with E-state index < -0.39 is 5.97 Å². The van der Waals surface area contributed by atoms with E-state index in [2.05, 4.69) is 6.58 Å². The SMILES string of the molecule is C=CC(=O)O.[Ho]. The molecule has 0 aliphatic rings. The van der Waals surface area contributed by atoms with E-state index in [0.717, 1.165) is 6.08 Å². The van der Waals surface area contributed by atoms with E-state index >= 15 is 0 Å². The molecule has 6 heavy (non-hydrogen) atoms. The number of aliphatic carboxylic acids is 1. The van der Waals surface area contributed by atoms with Crippen molar-refractivity contribution in [3.05, 3.63) is 12.7 Å². The summed E-state index contributed by atoms with van der Waals surface area (Å²) >= 11 is 0. The third kappa shape index (κ3) is 8.82. The van der Waals surface area contributed by atoms with Gasteiger partial charge in [0.2, 0.25) is 0 Å². The Morgan fingerprint density at radius 1 is 1.83 bits per heavy atom. The van der Waals surface area contributed by atoms with Gasteiger partial charge >= 0.3 is 5.97 Å². The molecule has 1 radical (unpaired) electrons. The molecule has 0 aromatic carbocycles. The van der Waals surface area contributed by atoms with Crippen LogP contribution < -0.4 is 0 Å². The topological polar surface area (TPSA) is 37.3 Å². The molecule has 39 valence electrons. The van der Waals surface area contributed by atoms with Crippen LogP contribution in [0, 0.1) is 37.7 Å². The van der Waals surface area contributed by atoms with Gasteiger partial charge in [0.05, 0.1) is 0 Å². The minimum Gasteiger partial charge on any atom is -0.478 e. The number of carboxylic acid groups (broad SMARTS) is 1. The van der Waals surface area contributed by atoms with Crippen LogP contribution in [0.5, 0.6) is 0 Å². The van der Waals surface area contributed by atoms with Crippen LogP contribution in [-0.2, 0) is 4.79 Å². The summed E-state index contributed by atoms with van der Waals surface area (Å²) in [5, 5.41) is 7.60. The molecule has 0 heterocycles. The Labute approximate surface area is 65.9 Å². The first kappa shape index (κ1) is 9.69. The van der Waals surface area contributed by atoms with E-state index in [1.165, 1.54) is 0 Å². The second-order valence-corrected chi connectivity index (χ2v) is 0.542. The van der Waals surface area contributed by atoms with E-state index in [4.69, 9.17) is 5.11 Å². The molecule has 0 fully saturated rings. The minimum absolute atomic E-state index is 0. The smallest absolute Gasteiger partial charge is 0.327 e. The second-order valence-electron chi connectivity index (χ2n) is 0.542. The quantitative estimate of drug-likeness (QED) is 0.524. The van der Waals surface area contributed by atoms with Gasteiger partial charge in [0, 0.05) is 43.8 Å². The second kappa shape index (κ2) is 5.47. The molecule has 0 atom stereocenters. The van der Waals surface area contributed by atoms with E-state index in [9.17, 15) is 4.79 Å². The van der Waals surface area contributed by atoms with E-state index in [0.29, 0.717) is 0 Å². The molecule has 0 saturated carbocycles. The Balaban J connectivity index is 0. The van der Waals surface area contributed by atoms with Crippen molar-refractivity contribution in [3.63, 3.8) is 0 Å². The maximum Gasteiger partial charge on any atom is 0.327 e. The summed E-state index contributed by atoms with van der Waals surface area (Å²) < 4.78 is 0. The fourth-order valence-corrected chi connectivity index (χ4v) is 0. The third-order valence-electron chi connectivity index (χ3n) is 0.175. The van der Waals surface area contributed by atoms with Gasteiger partial charge in [-0.05, 0) is 0 Å². The molecular formula is C3H4HoO2.